The third-order valence-corrected chi connectivity index (χ3v) is 4.96. The van der Waals surface area contributed by atoms with Crippen LogP contribution in [-0.4, -0.2) is 37.9 Å². The third kappa shape index (κ3) is 3.97. The Morgan fingerprint density at radius 1 is 1.14 bits per heavy atom. The lowest BCUT2D eigenvalue weighted by molar-refractivity contribution is -0.113. The smallest absolute Gasteiger partial charge is 0.332 e. The van der Waals surface area contributed by atoms with Gasteiger partial charge >= 0.3 is 5.69 Å². The summed E-state index contributed by atoms with van der Waals surface area (Å²) in [6.45, 7) is 0.114. The van der Waals surface area contributed by atoms with Gasteiger partial charge in [-0.1, -0.05) is 30.0 Å². The molecule has 0 atom stereocenters. The van der Waals surface area contributed by atoms with E-state index in [9.17, 15) is 14.4 Å². The molecule has 28 heavy (non-hydrogen) atoms. The summed E-state index contributed by atoms with van der Waals surface area (Å²) in [4.78, 5) is 45.8. The highest BCUT2D eigenvalue weighted by Crippen LogP contribution is 2.22. The van der Waals surface area contributed by atoms with E-state index < -0.39 is 11.2 Å². The molecule has 0 aliphatic rings. The number of hydrogen-bond acceptors (Lipinski definition) is 7. The molecule has 0 fully saturated rings. The van der Waals surface area contributed by atoms with Crippen LogP contribution in [0.25, 0.3) is 11.0 Å². The molecule has 1 aromatic carbocycles. The molecule has 1 amide bonds. The molecule has 0 aliphatic carbocycles. The SMILES string of the molecule is COCc1nc(SCC(=O)Nc2ccccc2)c2c(=O)n(C)c(=O)n(C)c2n1. The van der Waals surface area contributed by atoms with Gasteiger partial charge in [-0.15, -0.1) is 0 Å². The van der Waals surface area contributed by atoms with Crippen molar-refractivity contribution in [2.75, 3.05) is 18.2 Å². The number of rotatable bonds is 6. The number of anilines is 1. The van der Waals surface area contributed by atoms with Crippen molar-refractivity contribution < 1.29 is 9.53 Å². The highest BCUT2D eigenvalue weighted by Gasteiger charge is 2.18. The van der Waals surface area contributed by atoms with Gasteiger partial charge in [0, 0.05) is 26.9 Å². The largest absolute Gasteiger partial charge is 0.377 e. The van der Waals surface area contributed by atoms with E-state index in [1.807, 2.05) is 18.2 Å². The van der Waals surface area contributed by atoms with E-state index in [2.05, 4.69) is 15.3 Å². The second-order valence-corrected chi connectivity index (χ2v) is 6.95. The molecule has 3 aromatic rings. The Balaban J connectivity index is 1.98. The highest BCUT2D eigenvalue weighted by molar-refractivity contribution is 8.00. The van der Waals surface area contributed by atoms with E-state index in [-0.39, 0.29) is 29.3 Å². The molecule has 0 spiro atoms. The Bertz CT molecular complexity index is 1140. The number of nitrogens with one attached hydrogen (secondary N) is 1. The maximum Gasteiger partial charge on any atom is 0.332 e. The zero-order valence-corrected chi connectivity index (χ0v) is 16.4. The summed E-state index contributed by atoms with van der Waals surface area (Å²) >= 11 is 1.11. The molecule has 3 rings (SSSR count). The van der Waals surface area contributed by atoms with Crippen LogP contribution < -0.4 is 16.6 Å². The van der Waals surface area contributed by atoms with Crippen molar-refractivity contribution in [2.45, 2.75) is 11.6 Å². The second kappa shape index (κ2) is 8.36. The molecule has 0 saturated carbocycles. The molecule has 0 bridgehead atoms. The number of para-hydroxylation sites is 1. The number of aromatic nitrogens is 4. The number of benzene rings is 1. The summed E-state index contributed by atoms with van der Waals surface area (Å²) in [6, 6.07) is 9.06. The van der Waals surface area contributed by atoms with Gasteiger partial charge in [0.05, 0.1) is 5.75 Å². The zero-order chi connectivity index (χ0) is 20.3. The average Bonchev–Trinajstić information content (AvgIpc) is 2.69. The van der Waals surface area contributed by atoms with Crippen LogP contribution in [0.3, 0.4) is 0 Å². The van der Waals surface area contributed by atoms with Crippen molar-refractivity contribution >= 4 is 34.4 Å². The average molecular weight is 401 g/mol. The van der Waals surface area contributed by atoms with Gasteiger partial charge in [-0.05, 0) is 12.1 Å². The summed E-state index contributed by atoms with van der Waals surface area (Å²) < 4.78 is 7.36. The monoisotopic (exact) mass is 401 g/mol. The first-order valence-corrected chi connectivity index (χ1v) is 9.34. The molecular formula is C18H19N5O4S. The van der Waals surface area contributed by atoms with E-state index >= 15 is 0 Å². The van der Waals surface area contributed by atoms with Crippen LogP contribution in [0.15, 0.2) is 44.9 Å². The number of carbonyl (C=O) groups excluding carboxylic acids is 1. The van der Waals surface area contributed by atoms with Crippen LogP contribution in [0.2, 0.25) is 0 Å². The molecular weight excluding hydrogens is 382 g/mol. The normalized spacial score (nSPS) is 11.0. The Morgan fingerprint density at radius 2 is 1.86 bits per heavy atom. The Hall–Kier alpha value is -2.98. The van der Waals surface area contributed by atoms with E-state index in [4.69, 9.17) is 4.74 Å². The van der Waals surface area contributed by atoms with E-state index in [0.29, 0.717) is 16.5 Å². The van der Waals surface area contributed by atoms with Gasteiger partial charge in [-0.3, -0.25) is 18.7 Å². The van der Waals surface area contributed by atoms with Crippen molar-refractivity contribution in [2.24, 2.45) is 14.1 Å². The highest BCUT2D eigenvalue weighted by atomic mass is 32.2. The molecule has 1 N–H and O–H groups in total. The number of thioether (sulfide) groups is 1. The Labute approximate surface area is 164 Å². The summed E-state index contributed by atoms with van der Waals surface area (Å²) in [5.74, 6) is 0.126. The first-order valence-electron chi connectivity index (χ1n) is 8.35. The van der Waals surface area contributed by atoms with Crippen molar-refractivity contribution in [3.8, 4) is 0 Å². The number of carbonyl (C=O) groups is 1. The van der Waals surface area contributed by atoms with Crippen molar-refractivity contribution in [1.82, 2.24) is 19.1 Å². The van der Waals surface area contributed by atoms with Gasteiger partial charge in [0.15, 0.2) is 11.5 Å². The molecule has 0 unspecified atom stereocenters. The standard InChI is InChI=1S/C18H19N5O4S/c1-22-15-14(17(25)23(2)18(22)26)16(21-12(20-15)9-27-3)28-10-13(24)19-11-7-5-4-6-8-11/h4-8H,9-10H2,1-3H3,(H,19,24). The quantitative estimate of drug-likeness (QED) is 0.483. The number of ether oxygens (including phenoxy) is 1. The molecule has 2 heterocycles. The van der Waals surface area contributed by atoms with Crippen LogP contribution in [0.4, 0.5) is 5.69 Å². The van der Waals surface area contributed by atoms with Gasteiger partial charge < -0.3 is 10.1 Å². The molecule has 2 aromatic heterocycles. The molecule has 10 heteroatoms. The van der Waals surface area contributed by atoms with Crippen LogP contribution in [0.1, 0.15) is 5.82 Å². The van der Waals surface area contributed by atoms with Crippen LogP contribution in [0.5, 0.6) is 0 Å². The van der Waals surface area contributed by atoms with Crippen molar-refractivity contribution in [3.05, 3.63) is 57.0 Å². The lowest BCUT2D eigenvalue weighted by Gasteiger charge is -2.11. The summed E-state index contributed by atoms with van der Waals surface area (Å²) in [7, 11) is 4.42. The van der Waals surface area contributed by atoms with Crippen LogP contribution in [-0.2, 0) is 30.2 Å². The lowest BCUT2D eigenvalue weighted by Crippen LogP contribution is -2.38. The van der Waals surface area contributed by atoms with E-state index in [1.54, 1.807) is 12.1 Å². The minimum absolute atomic E-state index is 0.0411. The summed E-state index contributed by atoms with van der Waals surface area (Å²) in [5.41, 5.74) is -0.106. The predicted molar refractivity (Wildman–Crippen MR) is 107 cm³/mol. The van der Waals surface area contributed by atoms with E-state index in [1.165, 1.54) is 25.8 Å². The fourth-order valence-corrected chi connectivity index (χ4v) is 3.46. The first-order chi connectivity index (χ1) is 13.4. The van der Waals surface area contributed by atoms with Crippen molar-refractivity contribution in [3.63, 3.8) is 0 Å². The Morgan fingerprint density at radius 3 is 2.54 bits per heavy atom. The van der Waals surface area contributed by atoms with Crippen LogP contribution in [0, 0.1) is 0 Å². The summed E-state index contributed by atoms with van der Waals surface area (Å²) in [6.07, 6.45) is 0. The minimum Gasteiger partial charge on any atom is -0.377 e. The van der Waals surface area contributed by atoms with Crippen molar-refractivity contribution in [1.29, 1.82) is 0 Å². The second-order valence-electron chi connectivity index (χ2n) is 5.99. The molecule has 0 saturated heterocycles. The number of hydrogen-bond donors (Lipinski definition) is 1. The fourth-order valence-electron chi connectivity index (χ4n) is 2.62. The van der Waals surface area contributed by atoms with Gasteiger partial charge in [-0.25, -0.2) is 14.8 Å². The Kier molecular flexibility index (Phi) is 5.90. The molecule has 0 radical (unpaired) electrons. The minimum atomic E-state index is -0.506. The maximum absolute atomic E-state index is 12.7. The first kappa shape index (κ1) is 19.8. The molecule has 146 valence electrons. The van der Waals surface area contributed by atoms with Gasteiger partial charge in [-0.2, -0.15) is 0 Å². The third-order valence-electron chi connectivity index (χ3n) is 3.98. The molecule has 9 nitrogen and oxygen atoms in total. The number of methoxy groups -OCH3 is 1. The lowest BCUT2D eigenvalue weighted by atomic mass is 10.3. The number of aryl methyl sites for hydroxylation is 1. The fraction of sp³-hybridized carbons (Fsp3) is 0.278. The topological polar surface area (TPSA) is 108 Å². The maximum atomic E-state index is 12.7. The number of amides is 1. The number of nitrogens with zero attached hydrogens (tertiary/aromatic N) is 4. The number of fused-ring (bicyclic) bond motifs is 1. The van der Waals surface area contributed by atoms with E-state index in [0.717, 1.165) is 16.3 Å². The van der Waals surface area contributed by atoms with Gasteiger partial charge in [0.2, 0.25) is 5.91 Å². The predicted octanol–water partition coefficient (Wildman–Crippen LogP) is 0.904. The van der Waals surface area contributed by atoms with Gasteiger partial charge in [0.25, 0.3) is 5.56 Å². The van der Waals surface area contributed by atoms with Gasteiger partial charge in [0.1, 0.15) is 17.0 Å². The zero-order valence-electron chi connectivity index (χ0n) is 15.6. The van der Waals surface area contributed by atoms with Crippen LogP contribution >= 0.6 is 11.8 Å². The molecule has 0 aliphatic heterocycles. The summed E-state index contributed by atoms with van der Waals surface area (Å²) in [5, 5.41) is 3.31.